The molecule has 0 bridgehead atoms. The van der Waals surface area contributed by atoms with Gasteiger partial charge >= 0.3 is 0 Å². The third-order valence-corrected chi connectivity index (χ3v) is 7.70. The average Bonchev–Trinajstić information content (AvgIpc) is 3.16. The standard InChI is InChI=1S/C24H23N3O2S2/c1-26-13-12-19-20(14-26)31-22-21(19)23(28)27(17-6-4-3-5-7-17)24(25-22)30-15-16-8-10-18(29-2)11-9-16/h3-11H,12-15H2,1-2H3. The van der Waals surface area contributed by atoms with Gasteiger partial charge in [-0.3, -0.25) is 9.36 Å². The topological polar surface area (TPSA) is 47.4 Å². The minimum atomic E-state index is 0.0375. The van der Waals surface area contributed by atoms with Gasteiger partial charge in [-0.25, -0.2) is 4.98 Å². The molecule has 2 aromatic heterocycles. The quantitative estimate of drug-likeness (QED) is 0.325. The van der Waals surface area contributed by atoms with Crippen LogP contribution >= 0.6 is 23.1 Å². The molecular formula is C24H23N3O2S2. The Balaban J connectivity index is 1.61. The second kappa shape index (κ2) is 8.49. The number of fused-ring (bicyclic) bond motifs is 3. The molecule has 7 heteroatoms. The number of thiophene rings is 1. The van der Waals surface area contributed by atoms with Crippen LogP contribution in [0, 0.1) is 0 Å². The summed E-state index contributed by atoms with van der Waals surface area (Å²) in [5.41, 5.74) is 3.24. The normalized spacial score (nSPS) is 14.0. The van der Waals surface area contributed by atoms with Gasteiger partial charge in [-0.2, -0.15) is 0 Å². The Bertz CT molecular complexity index is 1280. The van der Waals surface area contributed by atoms with Gasteiger partial charge in [-0.1, -0.05) is 42.1 Å². The van der Waals surface area contributed by atoms with Crippen molar-refractivity contribution in [2.45, 2.75) is 23.9 Å². The highest BCUT2D eigenvalue weighted by Gasteiger charge is 2.24. The number of thioether (sulfide) groups is 1. The Morgan fingerprint density at radius 2 is 1.90 bits per heavy atom. The van der Waals surface area contributed by atoms with Crippen LogP contribution < -0.4 is 10.3 Å². The lowest BCUT2D eigenvalue weighted by Gasteiger charge is -2.21. The van der Waals surface area contributed by atoms with E-state index in [1.54, 1.807) is 34.8 Å². The molecule has 0 amide bonds. The maximum atomic E-state index is 13.7. The van der Waals surface area contributed by atoms with E-state index in [0.29, 0.717) is 0 Å². The fourth-order valence-electron chi connectivity index (χ4n) is 3.92. The molecule has 0 saturated heterocycles. The molecule has 5 rings (SSSR count). The smallest absolute Gasteiger partial charge is 0.267 e. The summed E-state index contributed by atoms with van der Waals surface area (Å²) in [6.45, 7) is 1.85. The van der Waals surface area contributed by atoms with E-state index in [4.69, 9.17) is 9.72 Å². The molecule has 0 unspecified atom stereocenters. The summed E-state index contributed by atoms with van der Waals surface area (Å²) >= 11 is 3.26. The van der Waals surface area contributed by atoms with Crippen LogP contribution in [0.5, 0.6) is 5.75 Å². The second-order valence-electron chi connectivity index (χ2n) is 7.68. The lowest BCUT2D eigenvalue weighted by molar-refractivity contribution is 0.318. The maximum absolute atomic E-state index is 13.7. The predicted octanol–water partition coefficient (Wildman–Crippen LogP) is 4.74. The lowest BCUT2D eigenvalue weighted by atomic mass is 10.1. The molecule has 0 saturated carbocycles. The molecular weight excluding hydrogens is 426 g/mol. The lowest BCUT2D eigenvalue weighted by Crippen LogP contribution is -2.27. The first-order chi connectivity index (χ1) is 15.1. The summed E-state index contributed by atoms with van der Waals surface area (Å²) in [6.07, 6.45) is 0.899. The zero-order chi connectivity index (χ0) is 21.4. The number of ether oxygens (including phenoxy) is 1. The summed E-state index contributed by atoms with van der Waals surface area (Å²) in [5, 5.41) is 1.53. The number of rotatable bonds is 5. The van der Waals surface area contributed by atoms with Crippen molar-refractivity contribution < 1.29 is 4.74 Å². The summed E-state index contributed by atoms with van der Waals surface area (Å²) in [5.74, 6) is 1.56. The molecule has 1 aliphatic rings. The average molecular weight is 450 g/mol. The van der Waals surface area contributed by atoms with Crippen molar-refractivity contribution in [3.05, 3.63) is 81.0 Å². The number of aromatic nitrogens is 2. The Morgan fingerprint density at radius 3 is 2.65 bits per heavy atom. The van der Waals surface area contributed by atoms with Crippen molar-refractivity contribution in [1.82, 2.24) is 14.5 Å². The van der Waals surface area contributed by atoms with Crippen LogP contribution in [-0.4, -0.2) is 35.2 Å². The number of likely N-dealkylation sites (N-methyl/N-ethyl adjacent to an activating group) is 1. The number of para-hydroxylation sites is 1. The van der Waals surface area contributed by atoms with Crippen molar-refractivity contribution in [1.29, 1.82) is 0 Å². The van der Waals surface area contributed by atoms with Gasteiger partial charge in [0, 0.05) is 23.7 Å². The van der Waals surface area contributed by atoms with Gasteiger partial charge < -0.3 is 9.64 Å². The molecule has 4 aromatic rings. The molecule has 0 atom stereocenters. The number of methoxy groups -OCH3 is 1. The van der Waals surface area contributed by atoms with Crippen molar-refractivity contribution in [2.75, 3.05) is 20.7 Å². The third-order valence-electron chi connectivity index (χ3n) is 5.58. The highest BCUT2D eigenvalue weighted by molar-refractivity contribution is 7.98. The zero-order valence-corrected chi connectivity index (χ0v) is 19.1. The van der Waals surface area contributed by atoms with E-state index in [0.717, 1.165) is 57.6 Å². The van der Waals surface area contributed by atoms with Gasteiger partial charge in [0.25, 0.3) is 5.56 Å². The Kier molecular flexibility index (Phi) is 5.56. The number of hydrogen-bond donors (Lipinski definition) is 0. The van der Waals surface area contributed by atoms with E-state index in [2.05, 4.69) is 24.1 Å². The van der Waals surface area contributed by atoms with E-state index in [1.807, 2.05) is 42.5 Å². The summed E-state index contributed by atoms with van der Waals surface area (Å²) in [6, 6.07) is 17.8. The molecule has 0 aliphatic carbocycles. The van der Waals surface area contributed by atoms with Crippen LogP contribution in [-0.2, 0) is 18.7 Å². The first-order valence-corrected chi connectivity index (χ1v) is 12.0. The third kappa shape index (κ3) is 3.89. The molecule has 158 valence electrons. The molecule has 0 spiro atoms. The predicted molar refractivity (Wildman–Crippen MR) is 128 cm³/mol. The molecule has 2 aromatic carbocycles. The van der Waals surface area contributed by atoms with Crippen molar-refractivity contribution in [2.24, 2.45) is 0 Å². The summed E-state index contributed by atoms with van der Waals surface area (Å²) < 4.78 is 7.03. The molecule has 0 radical (unpaired) electrons. The summed E-state index contributed by atoms with van der Waals surface area (Å²) in [4.78, 5) is 23.2. The fourth-order valence-corrected chi connectivity index (χ4v) is 6.23. The van der Waals surface area contributed by atoms with E-state index in [1.165, 1.54) is 10.4 Å². The van der Waals surface area contributed by atoms with Gasteiger partial charge in [0.1, 0.15) is 10.6 Å². The Labute approximate surface area is 189 Å². The van der Waals surface area contributed by atoms with Gasteiger partial charge in [0.15, 0.2) is 5.16 Å². The summed E-state index contributed by atoms with van der Waals surface area (Å²) in [7, 11) is 3.79. The number of benzene rings is 2. The first-order valence-electron chi connectivity index (χ1n) is 10.2. The maximum Gasteiger partial charge on any atom is 0.267 e. The van der Waals surface area contributed by atoms with E-state index >= 15 is 0 Å². The minimum Gasteiger partial charge on any atom is -0.497 e. The molecule has 1 aliphatic heterocycles. The Morgan fingerprint density at radius 1 is 1.13 bits per heavy atom. The fraction of sp³-hybridized carbons (Fsp3) is 0.250. The van der Waals surface area contributed by atoms with Crippen LogP contribution in [0.3, 0.4) is 0 Å². The molecule has 3 heterocycles. The van der Waals surface area contributed by atoms with E-state index < -0.39 is 0 Å². The van der Waals surface area contributed by atoms with Crippen molar-refractivity contribution >= 4 is 33.3 Å². The largest absolute Gasteiger partial charge is 0.497 e. The first kappa shape index (κ1) is 20.3. The van der Waals surface area contributed by atoms with Crippen LogP contribution in [0.4, 0.5) is 0 Å². The van der Waals surface area contributed by atoms with E-state index in [9.17, 15) is 4.79 Å². The monoisotopic (exact) mass is 449 g/mol. The van der Waals surface area contributed by atoms with Gasteiger partial charge in [0.2, 0.25) is 0 Å². The van der Waals surface area contributed by atoms with Crippen LogP contribution in [0.1, 0.15) is 16.0 Å². The van der Waals surface area contributed by atoms with Crippen LogP contribution in [0.2, 0.25) is 0 Å². The zero-order valence-electron chi connectivity index (χ0n) is 17.5. The van der Waals surface area contributed by atoms with Crippen LogP contribution in [0.25, 0.3) is 15.9 Å². The van der Waals surface area contributed by atoms with Crippen LogP contribution in [0.15, 0.2) is 64.5 Å². The van der Waals surface area contributed by atoms with Crippen molar-refractivity contribution in [3.63, 3.8) is 0 Å². The van der Waals surface area contributed by atoms with Crippen molar-refractivity contribution in [3.8, 4) is 11.4 Å². The highest BCUT2D eigenvalue weighted by Crippen LogP contribution is 2.34. The molecule has 5 nitrogen and oxygen atoms in total. The SMILES string of the molecule is COc1ccc(CSc2nc3sc4c(c3c(=O)n2-c2ccccc2)CCN(C)C4)cc1. The second-order valence-corrected chi connectivity index (χ2v) is 9.71. The van der Waals surface area contributed by atoms with Gasteiger partial charge in [-0.05, 0) is 48.9 Å². The van der Waals surface area contributed by atoms with E-state index in [-0.39, 0.29) is 5.56 Å². The number of nitrogens with zero attached hydrogens (tertiary/aromatic N) is 3. The minimum absolute atomic E-state index is 0.0375. The number of hydrogen-bond acceptors (Lipinski definition) is 6. The highest BCUT2D eigenvalue weighted by atomic mass is 32.2. The van der Waals surface area contributed by atoms with Gasteiger partial charge in [0.05, 0.1) is 18.2 Å². The molecule has 31 heavy (non-hydrogen) atoms. The molecule has 0 fully saturated rings. The molecule has 0 N–H and O–H groups in total. The van der Waals surface area contributed by atoms with Gasteiger partial charge in [-0.15, -0.1) is 11.3 Å². The Hall–Kier alpha value is -2.61.